The molecule has 0 bridgehead atoms. The predicted molar refractivity (Wildman–Crippen MR) is 133 cm³/mol. The summed E-state index contributed by atoms with van der Waals surface area (Å²) in [5.41, 5.74) is 1.85. The van der Waals surface area contributed by atoms with E-state index in [1.807, 2.05) is 0 Å². The van der Waals surface area contributed by atoms with Crippen LogP contribution in [0.2, 0.25) is 0 Å². The molecule has 0 radical (unpaired) electrons. The highest BCUT2D eigenvalue weighted by Gasteiger charge is 2.25. The highest BCUT2D eigenvalue weighted by molar-refractivity contribution is 6.18. The molecule has 5 rings (SSSR count). The average molecular weight is 494 g/mol. The molecule has 3 heterocycles. The van der Waals surface area contributed by atoms with Gasteiger partial charge in [-0.3, -0.25) is 9.48 Å². The van der Waals surface area contributed by atoms with Gasteiger partial charge < -0.3 is 25.5 Å². The normalized spacial score (nSPS) is 17.8. The fraction of sp³-hybridized carbons (Fsp3) is 0.360. The van der Waals surface area contributed by atoms with Crippen molar-refractivity contribution in [3.8, 4) is 5.88 Å². The molecule has 1 aromatic carbocycles. The first kappa shape index (κ1) is 23.7. The number of aliphatic hydroxyl groups is 1. The molecule has 0 saturated heterocycles. The number of carbonyl (C=O) groups is 1. The number of hydrogen-bond acceptors (Lipinski definition) is 8. The lowest BCUT2D eigenvalue weighted by molar-refractivity contribution is 0.104. The zero-order valence-electron chi connectivity index (χ0n) is 20.1. The Morgan fingerprint density at radius 1 is 1.22 bits per heavy atom. The number of nitrogens with one attached hydrogen (secondary N) is 3. The molecule has 188 valence electrons. The van der Waals surface area contributed by atoms with Crippen LogP contribution < -0.4 is 15.4 Å². The number of hydrogen-bond donors (Lipinski definition) is 4. The summed E-state index contributed by atoms with van der Waals surface area (Å²) in [7, 11) is 3.32. The van der Waals surface area contributed by atoms with Crippen molar-refractivity contribution in [3.05, 3.63) is 53.6 Å². The van der Waals surface area contributed by atoms with Crippen LogP contribution >= 0.6 is 0 Å². The van der Waals surface area contributed by atoms with E-state index in [0.717, 1.165) is 25.7 Å². The number of aromatic amines is 1. The van der Waals surface area contributed by atoms with Gasteiger partial charge in [0, 0.05) is 31.5 Å². The second-order valence-corrected chi connectivity index (χ2v) is 9.05. The summed E-state index contributed by atoms with van der Waals surface area (Å²) in [5.74, 6) is 0.874. The van der Waals surface area contributed by atoms with Gasteiger partial charge in [-0.25, -0.2) is 4.39 Å². The zero-order valence-corrected chi connectivity index (χ0v) is 20.1. The van der Waals surface area contributed by atoms with Crippen LogP contribution in [0.4, 0.5) is 21.8 Å². The number of nitrogens with zero attached hydrogens (tertiary/aromatic N) is 4. The van der Waals surface area contributed by atoms with E-state index in [1.165, 1.54) is 31.4 Å². The molecule has 10 nitrogen and oxygen atoms in total. The van der Waals surface area contributed by atoms with Gasteiger partial charge in [0.1, 0.15) is 23.0 Å². The molecule has 0 atom stereocenters. The average Bonchev–Trinajstić information content (AvgIpc) is 3.47. The molecule has 1 aliphatic rings. The summed E-state index contributed by atoms with van der Waals surface area (Å²) in [6, 6.07) is 5.59. The number of methoxy groups -OCH3 is 1. The third kappa shape index (κ3) is 4.74. The lowest BCUT2D eigenvalue weighted by Gasteiger charge is -2.28. The fourth-order valence-electron chi connectivity index (χ4n) is 4.64. The Bertz CT molecular complexity index is 1370. The summed E-state index contributed by atoms with van der Waals surface area (Å²) in [4.78, 5) is 25.7. The maximum absolute atomic E-state index is 13.4. The van der Waals surface area contributed by atoms with Gasteiger partial charge >= 0.3 is 0 Å². The summed E-state index contributed by atoms with van der Waals surface area (Å²) < 4.78 is 20.4. The van der Waals surface area contributed by atoms with Crippen molar-refractivity contribution in [1.82, 2.24) is 24.7 Å². The first-order valence-corrected chi connectivity index (χ1v) is 11.9. The van der Waals surface area contributed by atoms with Crippen molar-refractivity contribution in [1.29, 1.82) is 0 Å². The number of rotatable bonds is 8. The Labute approximate surface area is 206 Å². The second-order valence-electron chi connectivity index (χ2n) is 9.05. The molecule has 0 spiro atoms. The van der Waals surface area contributed by atoms with Crippen LogP contribution in [-0.4, -0.2) is 55.4 Å². The minimum atomic E-state index is -0.406. The monoisotopic (exact) mass is 493 g/mol. The summed E-state index contributed by atoms with van der Waals surface area (Å²) in [5, 5.41) is 21.0. The number of ether oxygens (including phenoxy) is 1. The maximum atomic E-state index is 13.4. The van der Waals surface area contributed by atoms with E-state index >= 15 is 0 Å². The Hall–Kier alpha value is -3.99. The van der Waals surface area contributed by atoms with E-state index in [2.05, 4.69) is 25.7 Å². The first-order chi connectivity index (χ1) is 17.4. The highest BCUT2D eigenvalue weighted by atomic mass is 19.1. The van der Waals surface area contributed by atoms with E-state index in [1.54, 1.807) is 24.1 Å². The number of anilines is 3. The largest absolute Gasteiger partial charge is 0.478 e. The molecule has 1 fully saturated rings. The van der Waals surface area contributed by atoms with Crippen LogP contribution in [0.15, 0.2) is 36.7 Å². The quantitative estimate of drug-likeness (QED) is 0.273. The number of benzene rings is 1. The minimum absolute atomic E-state index is 0.135. The molecular formula is C25H28FN7O3. The Kier molecular flexibility index (Phi) is 6.55. The number of aryl methyl sites for hydroxylation is 1. The molecule has 0 amide bonds. The van der Waals surface area contributed by atoms with Crippen molar-refractivity contribution >= 4 is 34.3 Å². The van der Waals surface area contributed by atoms with Gasteiger partial charge in [-0.2, -0.15) is 9.97 Å². The summed E-state index contributed by atoms with van der Waals surface area (Å²) in [6.45, 7) is 0.194. The van der Waals surface area contributed by atoms with Gasteiger partial charge in [-0.05, 0) is 55.9 Å². The highest BCUT2D eigenvalue weighted by Crippen LogP contribution is 2.33. The maximum Gasteiger partial charge on any atom is 0.256 e. The topological polar surface area (TPSA) is 130 Å². The van der Waals surface area contributed by atoms with E-state index in [0.29, 0.717) is 51.4 Å². The molecule has 0 aliphatic heterocycles. The lowest BCUT2D eigenvalue weighted by atomic mass is 9.86. The molecule has 11 heteroatoms. The molecule has 4 N–H and O–H groups in total. The van der Waals surface area contributed by atoms with Crippen LogP contribution in [0.25, 0.3) is 11.0 Å². The number of fused-ring (bicyclic) bond motifs is 1. The van der Waals surface area contributed by atoms with Gasteiger partial charge in [0.05, 0.1) is 24.3 Å². The Morgan fingerprint density at radius 2 is 1.97 bits per heavy atom. The van der Waals surface area contributed by atoms with Crippen molar-refractivity contribution < 1.29 is 19.0 Å². The van der Waals surface area contributed by atoms with E-state index in [4.69, 9.17) is 9.72 Å². The third-order valence-electron chi connectivity index (χ3n) is 6.56. The molecule has 1 aliphatic carbocycles. The van der Waals surface area contributed by atoms with Crippen LogP contribution in [0.5, 0.6) is 5.88 Å². The van der Waals surface area contributed by atoms with Crippen molar-refractivity contribution in [2.24, 2.45) is 13.0 Å². The smallest absolute Gasteiger partial charge is 0.256 e. The molecule has 36 heavy (non-hydrogen) atoms. The van der Waals surface area contributed by atoms with E-state index in [9.17, 15) is 14.3 Å². The Balaban J connectivity index is 1.53. The zero-order chi connectivity index (χ0) is 25.2. The van der Waals surface area contributed by atoms with Gasteiger partial charge in [0.25, 0.3) is 5.88 Å². The molecule has 3 aromatic heterocycles. The summed E-state index contributed by atoms with van der Waals surface area (Å²) in [6.07, 6.45) is 6.94. The predicted octanol–water partition coefficient (Wildman–Crippen LogP) is 3.78. The number of aliphatic hydroxyl groups excluding tert-OH is 1. The number of aromatic nitrogens is 5. The van der Waals surface area contributed by atoms with Gasteiger partial charge in [0.2, 0.25) is 5.95 Å². The van der Waals surface area contributed by atoms with Gasteiger partial charge in [-0.1, -0.05) is 0 Å². The standard InChI is InChI=1S/C25H28FN7O3/c1-33-12-19(24(32-33)36-2)29-25-30-22-20(23(31-25)28-17-9-3-14(13-34)4-10-17)18(11-27-22)21(35)15-5-7-16(26)8-6-15/h5-8,11-12,14,17,34H,3-4,9-10,13H2,1-2H3,(H3,27,28,29,30,31). The SMILES string of the molecule is COc1nn(C)cc1Nc1nc(NC2CCC(CO)CC2)c2c(C(=O)c3ccc(F)cc3)c[nH]c2n1. The van der Waals surface area contributed by atoms with Crippen LogP contribution in [0.1, 0.15) is 41.6 Å². The fourth-order valence-corrected chi connectivity index (χ4v) is 4.64. The second kappa shape index (κ2) is 9.94. The number of halogens is 1. The molecule has 0 unspecified atom stereocenters. The molecule has 4 aromatic rings. The van der Waals surface area contributed by atoms with Crippen molar-refractivity contribution in [2.45, 2.75) is 31.7 Å². The number of ketones is 1. The molecule has 1 saturated carbocycles. The lowest BCUT2D eigenvalue weighted by Crippen LogP contribution is -2.28. The van der Waals surface area contributed by atoms with E-state index < -0.39 is 5.82 Å². The van der Waals surface area contributed by atoms with Crippen LogP contribution in [-0.2, 0) is 7.05 Å². The van der Waals surface area contributed by atoms with Crippen molar-refractivity contribution in [3.63, 3.8) is 0 Å². The number of H-pyrrole nitrogens is 1. The van der Waals surface area contributed by atoms with Gasteiger partial charge in [-0.15, -0.1) is 5.10 Å². The summed E-state index contributed by atoms with van der Waals surface area (Å²) >= 11 is 0. The third-order valence-corrected chi connectivity index (χ3v) is 6.56. The minimum Gasteiger partial charge on any atom is -0.478 e. The Morgan fingerprint density at radius 3 is 2.67 bits per heavy atom. The van der Waals surface area contributed by atoms with Gasteiger partial charge in [0.15, 0.2) is 5.78 Å². The van der Waals surface area contributed by atoms with E-state index in [-0.39, 0.29) is 18.4 Å². The van der Waals surface area contributed by atoms with Crippen LogP contribution in [0.3, 0.4) is 0 Å². The molecular weight excluding hydrogens is 465 g/mol. The number of carbonyl (C=O) groups excluding carboxylic acids is 1. The van der Waals surface area contributed by atoms with Crippen molar-refractivity contribution in [2.75, 3.05) is 24.4 Å². The first-order valence-electron chi connectivity index (χ1n) is 11.9. The van der Waals surface area contributed by atoms with Crippen LogP contribution in [0, 0.1) is 11.7 Å².